The van der Waals surface area contributed by atoms with Crippen LogP contribution in [0, 0.1) is 6.92 Å². The van der Waals surface area contributed by atoms with Crippen LogP contribution in [0.25, 0.3) is 0 Å². The molecule has 138 valence electrons. The monoisotopic (exact) mass is 388 g/mol. The molecule has 0 amide bonds. The molecule has 2 atom stereocenters. The van der Waals surface area contributed by atoms with Gasteiger partial charge >= 0.3 is 5.63 Å². The number of rotatable bonds is 7. The summed E-state index contributed by atoms with van der Waals surface area (Å²) >= 11 is 3.36. The quantitative estimate of drug-likeness (QED) is 0.535. The summed E-state index contributed by atoms with van der Waals surface area (Å²) in [4.78, 5) is 16.3. The molecule has 0 bridgehead atoms. The van der Waals surface area contributed by atoms with Crippen LogP contribution >= 0.6 is 22.7 Å². The highest BCUT2D eigenvalue weighted by molar-refractivity contribution is 7.12. The summed E-state index contributed by atoms with van der Waals surface area (Å²) in [7, 11) is 0. The number of thiophene rings is 2. The van der Waals surface area contributed by atoms with Crippen molar-refractivity contribution in [3.05, 3.63) is 72.1 Å². The van der Waals surface area contributed by atoms with E-state index in [2.05, 4.69) is 13.0 Å². The first-order valence-electron chi connectivity index (χ1n) is 8.99. The van der Waals surface area contributed by atoms with Crippen LogP contribution in [0.1, 0.15) is 64.5 Å². The topological polar surface area (TPSA) is 50.4 Å². The summed E-state index contributed by atoms with van der Waals surface area (Å²) in [6.07, 6.45) is 2.40. The fourth-order valence-electron chi connectivity index (χ4n) is 3.34. The Morgan fingerprint density at radius 2 is 2.00 bits per heavy atom. The highest BCUT2D eigenvalue weighted by Gasteiger charge is 2.25. The van der Waals surface area contributed by atoms with Crippen LogP contribution < -0.4 is 5.63 Å². The maximum absolute atomic E-state index is 12.7. The lowest BCUT2D eigenvalue weighted by atomic mass is 9.93. The first-order valence-corrected chi connectivity index (χ1v) is 10.7. The summed E-state index contributed by atoms with van der Waals surface area (Å²) in [6.45, 7) is 6.15. The van der Waals surface area contributed by atoms with E-state index in [1.807, 2.05) is 37.4 Å². The van der Waals surface area contributed by atoms with Crippen molar-refractivity contribution in [1.29, 1.82) is 0 Å². The molecular formula is C21H24O3S2. The van der Waals surface area contributed by atoms with Crippen molar-refractivity contribution in [1.82, 2.24) is 0 Å². The number of aryl methyl sites for hydroxylation is 1. The Hall–Kier alpha value is -1.85. The van der Waals surface area contributed by atoms with Crippen molar-refractivity contribution >= 4 is 22.7 Å². The van der Waals surface area contributed by atoms with E-state index in [9.17, 15) is 9.90 Å². The van der Waals surface area contributed by atoms with Gasteiger partial charge in [0.1, 0.15) is 11.5 Å². The van der Waals surface area contributed by atoms with Gasteiger partial charge in [-0.1, -0.05) is 19.9 Å². The zero-order valence-electron chi connectivity index (χ0n) is 15.3. The molecule has 0 spiro atoms. The summed E-state index contributed by atoms with van der Waals surface area (Å²) < 4.78 is 5.70. The Kier molecular flexibility index (Phi) is 5.99. The van der Waals surface area contributed by atoms with Crippen molar-refractivity contribution in [2.75, 3.05) is 0 Å². The van der Waals surface area contributed by atoms with E-state index in [0.717, 1.165) is 24.1 Å². The second kappa shape index (κ2) is 8.23. The van der Waals surface area contributed by atoms with Crippen LogP contribution in [0.3, 0.4) is 0 Å². The van der Waals surface area contributed by atoms with Gasteiger partial charge in [0.15, 0.2) is 0 Å². The molecule has 3 heterocycles. The lowest BCUT2D eigenvalue weighted by Crippen LogP contribution is -2.15. The normalized spacial score (nSPS) is 13.7. The molecule has 26 heavy (non-hydrogen) atoms. The SMILES string of the molecule is CCC(Cc1cccs1)c1cc(O)c(C(CC)c2ccc(C)s2)c(=O)o1. The Morgan fingerprint density at radius 3 is 2.54 bits per heavy atom. The molecule has 0 fully saturated rings. The summed E-state index contributed by atoms with van der Waals surface area (Å²) in [6, 6.07) is 9.85. The lowest BCUT2D eigenvalue weighted by Gasteiger charge is -2.17. The number of aromatic hydroxyl groups is 1. The highest BCUT2D eigenvalue weighted by atomic mass is 32.1. The second-order valence-electron chi connectivity index (χ2n) is 6.53. The third-order valence-electron chi connectivity index (χ3n) is 4.77. The molecule has 3 aromatic rings. The molecule has 0 radical (unpaired) electrons. The maximum atomic E-state index is 12.7. The lowest BCUT2D eigenvalue weighted by molar-refractivity contribution is 0.382. The molecule has 0 saturated heterocycles. The van der Waals surface area contributed by atoms with Crippen molar-refractivity contribution in [2.45, 2.75) is 51.9 Å². The number of hydrogen-bond acceptors (Lipinski definition) is 5. The van der Waals surface area contributed by atoms with E-state index in [0.29, 0.717) is 11.3 Å². The first kappa shape index (κ1) is 18.9. The molecule has 3 nitrogen and oxygen atoms in total. The van der Waals surface area contributed by atoms with Gasteiger partial charge in [-0.25, -0.2) is 4.79 Å². The van der Waals surface area contributed by atoms with E-state index < -0.39 is 5.63 Å². The van der Waals surface area contributed by atoms with E-state index in [1.54, 1.807) is 28.7 Å². The van der Waals surface area contributed by atoms with Crippen LogP contribution in [0.4, 0.5) is 0 Å². The third kappa shape index (κ3) is 3.94. The molecule has 1 N–H and O–H groups in total. The van der Waals surface area contributed by atoms with Gasteiger partial charge in [0.2, 0.25) is 0 Å². The average molecular weight is 389 g/mol. The van der Waals surface area contributed by atoms with E-state index in [1.165, 1.54) is 9.75 Å². The van der Waals surface area contributed by atoms with Gasteiger partial charge < -0.3 is 9.52 Å². The Balaban J connectivity index is 1.96. The van der Waals surface area contributed by atoms with Crippen LogP contribution in [0.15, 0.2) is 44.9 Å². The predicted octanol–water partition coefficient (Wildman–Crippen LogP) is 6.06. The Bertz CT molecular complexity index is 906. The van der Waals surface area contributed by atoms with Gasteiger partial charge in [0.05, 0.1) is 5.56 Å². The minimum absolute atomic E-state index is 0.0544. The van der Waals surface area contributed by atoms with Crippen molar-refractivity contribution in [3.8, 4) is 5.75 Å². The van der Waals surface area contributed by atoms with Crippen LogP contribution in [0.2, 0.25) is 0 Å². The van der Waals surface area contributed by atoms with Crippen LogP contribution in [-0.4, -0.2) is 5.11 Å². The second-order valence-corrected chi connectivity index (χ2v) is 8.88. The fraction of sp³-hybridized carbons (Fsp3) is 0.381. The van der Waals surface area contributed by atoms with Gasteiger partial charge in [-0.2, -0.15) is 0 Å². The van der Waals surface area contributed by atoms with Crippen molar-refractivity contribution in [3.63, 3.8) is 0 Å². The van der Waals surface area contributed by atoms with Gasteiger partial charge in [-0.15, -0.1) is 22.7 Å². The van der Waals surface area contributed by atoms with Crippen LogP contribution in [-0.2, 0) is 6.42 Å². The smallest absolute Gasteiger partial charge is 0.343 e. The van der Waals surface area contributed by atoms with E-state index in [4.69, 9.17) is 4.42 Å². The molecular weight excluding hydrogens is 364 g/mol. The van der Waals surface area contributed by atoms with Gasteiger partial charge in [0.25, 0.3) is 0 Å². The summed E-state index contributed by atoms with van der Waals surface area (Å²) in [5.74, 6) is 0.588. The number of hydrogen-bond donors (Lipinski definition) is 1. The van der Waals surface area contributed by atoms with Gasteiger partial charge in [-0.3, -0.25) is 0 Å². The first-order chi connectivity index (χ1) is 12.5. The molecule has 0 saturated carbocycles. The van der Waals surface area contributed by atoms with E-state index >= 15 is 0 Å². The zero-order chi connectivity index (χ0) is 18.7. The third-order valence-corrected chi connectivity index (χ3v) is 6.78. The van der Waals surface area contributed by atoms with Crippen LogP contribution in [0.5, 0.6) is 5.75 Å². The molecule has 0 aromatic carbocycles. The van der Waals surface area contributed by atoms with Gasteiger partial charge in [0, 0.05) is 32.5 Å². The molecule has 0 aliphatic rings. The molecule has 3 aromatic heterocycles. The fourth-order valence-corrected chi connectivity index (χ4v) is 5.19. The zero-order valence-corrected chi connectivity index (χ0v) is 17.0. The molecule has 0 aliphatic carbocycles. The standard InChI is InChI=1S/C21H24O3S2/c1-4-14(11-15-7-6-10-25-15)18-12-17(22)20(21(23)24-18)16(5-2)19-9-8-13(3)26-19/h6-10,12,14,16,22H,4-5,11H2,1-3H3. The van der Waals surface area contributed by atoms with E-state index in [-0.39, 0.29) is 17.6 Å². The largest absolute Gasteiger partial charge is 0.507 e. The summed E-state index contributed by atoms with van der Waals surface area (Å²) in [5.41, 5.74) is -0.0355. The maximum Gasteiger partial charge on any atom is 0.343 e. The molecule has 3 rings (SSSR count). The van der Waals surface area contributed by atoms with Gasteiger partial charge in [-0.05, 0) is 49.8 Å². The Morgan fingerprint density at radius 1 is 1.19 bits per heavy atom. The highest BCUT2D eigenvalue weighted by Crippen LogP contribution is 2.37. The van der Waals surface area contributed by atoms with Crippen molar-refractivity contribution in [2.24, 2.45) is 0 Å². The van der Waals surface area contributed by atoms with Crippen molar-refractivity contribution < 1.29 is 9.52 Å². The predicted molar refractivity (Wildman–Crippen MR) is 109 cm³/mol. The molecule has 2 unspecified atom stereocenters. The minimum atomic E-state index is -0.414. The molecule has 0 aliphatic heterocycles. The summed E-state index contributed by atoms with van der Waals surface area (Å²) in [5, 5.41) is 12.7. The molecule has 5 heteroatoms. The minimum Gasteiger partial charge on any atom is -0.507 e. The Labute approximate surface area is 162 Å². The average Bonchev–Trinajstić information content (AvgIpc) is 3.27.